The van der Waals surface area contributed by atoms with Gasteiger partial charge in [-0.25, -0.2) is 0 Å². The molecule has 6 heteroatoms. The highest BCUT2D eigenvalue weighted by atomic mass is 35.5. The lowest BCUT2D eigenvalue weighted by molar-refractivity contribution is 0.468. The lowest BCUT2D eigenvalue weighted by atomic mass is 10.3. The maximum absolute atomic E-state index is 9.73. The molecule has 4 nitrogen and oxygen atoms in total. The molecule has 2 aromatic carbocycles. The number of aromatic hydroxyl groups is 1. The molecular formula is C12H6Cl2N3O. The first-order valence-corrected chi connectivity index (χ1v) is 5.82. The number of benzene rings is 2. The zero-order chi connectivity index (χ0) is 12.7. The highest BCUT2D eigenvalue weighted by molar-refractivity contribution is 6.42. The van der Waals surface area contributed by atoms with Crippen LogP contribution in [0.2, 0.25) is 10.0 Å². The van der Waals surface area contributed by atoms with Gasteiger partial charge in [-0.3, -0.25) is 0 Å². The predicted octanol–water partition coefficient (Wildman–Crippen LogP) is 3.23. The Labute approximate surface area is 112 Å². The zero-order valence-corrected chi connectivity index (χ0v) is 10.4. The van der Waals surface area contributed by atoms with Gasteiger partial charge in [-0.1, -0.05) is 29.3 Å². The van der Waals surface area contributed by atoms with Crippen LogP contribution in [-0.2, 0) is 0 Å². The van der Waals surface area contributed by atoms with Crippen molar-refractivity contribution in [3.63, 3.8) is 0 Å². The van der Waals surface area contributed by atoms with E-state index in [0.717, 1.165) is 0 Å². The summed E-state index contributed by atoms with van der Waals surface area (Å²) in [4.78, 5) is 1.32. The van der Waals surface area contributed by atoms with Crippen molar-refractivity contribution in [3.05, 3.63) is 46.4 Å². The van der Waals surface area contributed by atoms with Crippen molar-refractivity contribution >= 4 is 34.2 Å². The van der Waals surface area contributed by atoms with E-state index in [4.69, 9.17) is 23.2 Å². The second kappa shape index (κ2) is 4.15. The van der Waals surface area contributed by atoms with Crippen LogP contribution < -0.4 is 0 Å². The Morgan fingerprint density at radius 1 is 1.11 bits per heavy atom. The molecule has 1 radical (unpaired) electrons. The standard InChI is InChI=1S/C12H6Cl2N3O/c13-7-5-9-10(6-8(7)14)16-17(15-9)11-3-1-2-4-12(11)18/h2-6,18H. The van der Waals surface area contributed by atoms with E-state index in [1.165, 1.54) is 10.9 Å². The van der Waals surface area contributed by atoms with E-state index in [1.807, 2.05) is 0 Å². The summed E-state index contributed by atoms with van der Waals surface area (Å²) in [5.41, 5.74) is 1.65. The summed E-state index contributed by atoms with van der Waals surface area (Å²) < 4.78 is 0. The number of rotatable bonds is 1. The SMILES string of the molecule is Oc1cc[c]cc1-n1nc2cc(Cl)c(Cl)cc2n1. The quantitative estimate of drug-likeness (QED) is 0.744. The summed E-state index contributed by atoms with van der Waals surface area (Å²) in [7, 11) is 0. The van der Waals surface area contributed by atoms with E-state index < -0.39 is 0 Å². The molecule has 3 aromatic rings. The number of halogens is 2. The molecular weight excluding hydrogens is 273 g/mol. The molecule has 1 aromatic heterocycles. The van der Waals surface area contributed by atoms with Crippen LogP contribution in [0.25, 0.3) is 16.7 Å². The fraction of sp³-hybridized carbons (Fsp3) is 0. The molecule has 0 fully saturated rings. The fourth-order valence-electron chi connectivity index (χ4n) is 1.59. The van der Waals surface area contributed by atoms with Gasteiger partial charge in [0, 0.05) is 0 Å². The van der Waals surface area contributed by atoms with E-state index in [9.17, 15) is 5.11 Å². The van der Waals surface area contributed by atoms with Crippen molar-refractivity contribution in [2.75, 3.05) is 0 Å². The minimum absolute atomic E-state index is 0.0752. The molecule has 0 saturated carbocycles. The summed E-state index contributed by atoms with van der Waals surface area (Å²) in [6.07, 6.45) is 0. The fourth-order valence-corrected chi connectivity index (χ4v) is 1.91. The Bertz CT molecular complexity index is 700. The number of aromatic nitrogens is 3. The van der Waals surface area contributed by atoms with Gasteiger partial charge >= 0.3 is 0 Å². The Balaban J connectivity index is 2.23. The average molecular weight is 279 g/mol. The van der Waals surface area contributed by atoms with Gasteiger partial charge < -0.3 is 5.11 Å². The number of fused-ring (bicyclic) bond motifs is 1. The smallest absolute Gasteiger partial charge is 0.143 e. The molecule has 1 heterocycles. The van der Waals surface area contributed by atoms with Gasteiger partial charge in [0.25, 0.3) is 0 Å². The average Bonchev–Trinajstić information content (AvgIpc) is 2.73. The summed E-state index contributed by atoms with van der Waals surface area (Å²) in [6, 6.07) is 10.8. The molecule has 0 aliphatic carbocycles. The second-order valence-corrected chi connectivity index (χ2v) is 4.47. The summed E-state index contributed by atoms with van der Waals surface area (Å²) in [5, 5.41) is 19.0. The van der Waals surface area contributed by atoms with Gasteiger partial charge in [0.1, 0.15) is 22.5 Å². The zero-order valence-electron chi connectivity index (χ0n) is 8.93. The molecule has 0 spiro atoms. The minimum atomic E-state index is 0.0752. The number of nitrogens with zero attached hydrogens (tertiary/aromatic N) is 3. The molecule has 0 saturated heterocycles. The lowest BCUT2D eigenvalue weighted by Crippen LogP contribution is -1.98. The van der Waals surface area contributed by atoms with Gasteiger partial charge in [0.2, 0.25) is 0 Å². The number of hydrogen-bond acceptors (Lipinski definition) is 3. The van der Waals surface area contributed by atoms with E-state index in [2.05, 4.69) is 16.3 Å². The summed E-state index contributed by atoms with van der Waals surface area (Å²) in [6.45, 7) is 0. The van der Waals surface area contributed by atoms with Crippen LogP contribution in [0.4, 0.5) is 0 Å². The minimum Gasteiger partial charge on any atom is -0.506 e. The number of phenolic OH excluding ortho intramolecular Hbond substituents is 1. The summed E-state index contributed by atoms with van der Waals surface area (Å²) >= 11 is 11.8. The molecule has 0 unspecified atom stereocenters. The van der Waals surface area contributed by atoms with E-state index in [-0.39, 0.29) is 5.75 Å². The molecule has 3 rings (SSSR count). The monoisotopic (exact) mass is 278 g/mol. The molecule has 0 amide bonds. The maximum atomic E-state index is 9.73. The molecule has 0 bridgehead atoms. The van der Waals surface area contributed by atoms with Crippen LogP contribution >= 0.6 is 23.2 Å². The molecule has 0 atom stereocenters. The van der Waals surface area contributed by atoms with Gasteiger partial charge in [-0.15, -0.1) is 15.0 Å². The number of phenols is 1. The van der Waals surface area contributed by atoms with Crippen LogP contribution in [0.3, 0.4) is 0 Å². The first-order valence-electron chi connectivity index (χ1n) is 5.07. The van der Waals surface area contributed by atoms with Crippen molar-refractivity contribution in [2.24, 2.45) is 0 Å². The Hall–Kier alpha value is -1.78. The molecule has 89 valence electrons. The topological polar surface area (TPSA) is 50.9 Å². The van der Waals surface area contributed by atoms with Crippen LogP contribution in [0.1, 0.15) is 0 Å². The van der Waals surface area contributed by atoms with Gasteiger partial charge in [0.05, 0.1) is 10.0 Å². The van der Waals surface area contributed by atoms with Crippen LogP contribution in [0.15, 0.2) is 30.3 Å². The predicted molar refractivity (Wildman–Crippen MR) is 69.4 cm³/mol. The van der Waals surface area contributed by atoms with E-state index >= 15 is 0 Å². The van der Waals surface area contributed by atoms with Crippen molar-refractivity contribution in [1.82, 2.24) is 15.0 Å². The first kappa shape index (κ1) is 11.3. The lowest BCUT2D eigenvalue weighted by Gasteiger charge is -2.00. The molecule has 1 N–H and O–H groups in total. The third-order valence-electron chi connectivity index (χ3n) is 2.46. The van der Waals surface area contributed by atoms with Crippen LogP contribution in [0.5, 0.6) is 5.75 Å². The number of hydrogen-bond donors (Lipinski definition) is 1. The summed E-state index contributed by atoms with van der Waals surface area (Å²) in [5.74, 6) is 0.0752. The highest BCUT2D eigenvalue weighted by Crippen LogP contribution is 2.27. The normalized spacial score (nSPS) is 11.0. The largest absolute Gasteiger partial charge is 0.506 e. The van der Waals surface area contributed by atoms with Gasteiger partial charge in [-0.05, 0) is 30.3 Å². The van der Waals surface area contributed by atoms with Crippen LogP contribution in [-0.4, -0.2) is 20.1 Å². The molecule has 0 aliphatic heterocycles. The van der Waals surface area contributed by atoms with E-state index in [0.29, 0.717) is 26.8 Å². The first-order chi connectivity index (χ1) is 8.65. The van der Waals surface area contributed by atoms with Crippen molar-refractivity contribution < 1.29 is 5.11 Å². The van der Waals surface area contributed by atoms with Crippen molar-refractivity contribution in [1.29, 1.82) is 0 Å². The van der Waals surface area contributed by atoms with E-state index in [1.54, 1.807) is 24.3 Å². The van der Waals surface area contributed by atoms with Crippen LogP contribution in [0, 0.1) is 6.07 Å². The van der Waals surface area contributed by atoms with Gasteiger partial charge in [0.15, 0.2) is 0 Å². The van der Waals surface area contributed by atoms with Crippen molar-refractivity contribution in [2.45, 2.75) is 0 Å². The Morgan fingerprint density at radius 2 is 1.72 bits per heavy atom. The van der Waals surface area contributed by atoms with Gasteiger partial charge in [-0.2, -0.15) is 0 Å². The Morgan fingerprint density at radius 3 is 2.28 bits per heavy atom. The van der Waals surface area contributed by atoms with Crippen molar-refractivity contribution in [3.8, 4) is 11.4 Å². The molecule has 18 heavy (non-hydrogen) atoms. The maximum Gasteiger partial charge on any atom is 0.143 e. The Kier molecular flexibility index (Phi) is 2.61. The third kappa shape index (κ3) is 1.79. The highest BCUT2D eigenvalue weighted by Gasteiger charge is 2.10. The second-order valence-electron chi connectivity index (χ2n) is 3.66. The third-order valence-corrected chi connectivity index (χ3v) is 3.18. The molecule has 0 aliphatic rings.